The third kappa shape index (κ3) is 4.45. The Morgan fingerprint density at radius 3 is 2.57 bits per heavy atom. The number of rotatable bonds is 6. The molecule has 6 atom stereocenters. The van der Waals surface area contributed by atoms with Crippen LogP contribution in [0, 0.1) is 25.7 Å². The van der Waals surface area contributed by atoms with Crippen LogP contribution in [0.1, 0.15) is 43.2 Å². The Bertz CT molecular complexity index is 1450. The molecule has 0 radical (unpaired) electrons. The van der Waals surface area contributed by atoms with Crippen LogP contribution < -0.4 is 20.1 Å². The van der Waals surface area contributed by atoms with Crippen molar-refractivity contribution in [3.63, 3.8) is 0 Å². The predicted molar refractivity (Wildman–Crippen MR) is 155 cm³/mol. The van der Waals surface area contributed by atoms with E-state index in [4.69, 9.17) is 14.2 Å². The van der Waals surface area contributed by atoms with Crippen LogP contribution in [0.5, 0.6) is 11.5 Å². The summed E-state index contributed by atoms with van der Waals surface area (Å²) >= 11 is 0. The highest BCUT2D eigenvalue weighted by atomic mass is 16.6. The van der Waals surface area contributed by atoms with Crippen molar-refractivity contribution in [2.75, 3.05) is 18.5 Å². The summed E-state index contributed by atoms with van der Waals surface area (Å²) in [6, 6.07) is 12.3. The number of hydrogen-bond donors (Lipinski definition) is 2. The van der Waals surface area contributed by atoms with E-state index in [9.17, 15) is 14.4 Å². The summed E-state index contributed by atoms with van der Waals surface area (Å²) in [5.41, 5.74) is 1.64. The molecule has 4 aliphatic heterocycles. The number of amides is 3. The van der Waals surface area contributed by atoms with Gasteiger partial charge in [0.25, 0.3) is 0 Å². The average Bonchev–Trinajstić information content (AvgIpc) is 3.63. The highest BCUT2D eigenvalue weighted by molar-refractivity contribution is 6.02. The third-order valence-corrected chi connectivity index (χ3v) is 9.62. The molecule has 1 saturated carbocycles. The second-order valence-electron chi connectivity index (χ2n) is 12.3. The van der Waals surface area contributed by atoms with Gasteiger partial charge in [-0.3, -0.25) is 14.4 Å². The van der Waals surface area contributed by atoms with Crippen LogP contribution in [0.3, 0.4) is 0 Å². The Morgan fingerprint density at radius 2 is 1.79 bits per heavy atom. The summed E-state index contributed by atoms with van der Waals surface area (Å²) in [6.45, 7) is 4.39. The van der Waals surface area contributed by atoms with Gasteiger partial charge in [0.15, 0.2) is 17.6 Å². The lowest BCUT2D eigenvalue weighted by Crippen LogP contribution is -2.58. The number of ether oxygens (including phenoxy) is 3. The van der Waals surface area contributed by atoms with Crippen molar-refractivity contribution in [1.82, 2.24) is 10.2 Å². The van der Waals surface area contributed by atoms with Crippen molar-refractivity contribution >= 4 is 23.4 Å². The summed E-state index contributed by atoms with van der Waals surface area (Å²) in [5.74, 6) is -1.13. The molecule has 4 heterocycles. The van der Waals surface area contributed by atoms with Gasteiger partial charge in [-0.25, -0.2) is 0 Å². The molecule has 5 aliphatic rings. The molecule has 7 rings (SSSR count). The van der Waals surface area contributed by atoms with E-state index >= 15 is 0 Å². The average molecular weight is 572 g/mol. The quantitative estimate of drug-likeness (QED) is 0.513. The van der Waals surface area contributed by atoms with Gasteiger partial charge in [0.1, 0.15) is 18.2 Å². The Labute approximate surface area is 245 Å². The number of nitrogens with one attached hydrogen (secondary N) is 2. The fraction of sp³-hybridized carbons (Fsp3) is 0.485. The minimum absolute atomic E-state index is 0.0613. The fourth-order valence-electron chi connectivity index (χ4n) is 7.41. The maximum Gasteiger partial charge on any atom is 0.246 e. The molecular formula is C33H37N3O6. The fourth-order valence-corrected chi connectivity index (χ4v) is 7.41. The van der Waals surface area contributed by atoms with E-state index < -0.39 is 35.7 Å². The zero-order valence-electron chi connectivity index (χ0n) is 24.0. The van der Waals surface area contributed by atoms with Crippen LogP contribution in [-0.4, -0.2) is 65.7 Å². The maximum atomic E-state index is 14.3. The summed E-state index contributed by atoms with van der Waals surface area (Å²) in [7, 11) is 0. The lowest BCUT2D eigenvalue weighted by molar-refractivity contribution is -0.143. The van der Waals surface area contributed by atoms with Gasteiger partial charge in [0, 0.05) is 11.7 Å². The molecule has 0 aromatic heterocycles. The molecule has 2 N–H and O–H groups in total. The smallest absolute Gasteiger partial charge is 0.246 e. The highest BCUT2D eigenvalue weighted by Crippen LogP contribution is 2.55. The number of aryl methyl sites for hydroxylation is 2. The molecule has 2 saturated heterocycles. The van der Waals surface area contributed by atoms with Crippen LogP contribution in [0.15, 0.2) is 54.6 Å². The van der Waals surface area contributed by atoms with Gasteiger partial charge < -0.3 is 29.7 Å². The first-order valence-electron chi connectivity index (χ1n) is 15.1. The molecule has 3 fully saturated rings. The lowest BCUT2D eigenvalue weighted by atomic mass is 9.74. The molecule has 9 nitrogen and oxygen atoms in total. The SMILES string of the molecule is Cc1ccc(NC(=O)[C@H]2[C@H]3C=C[C@]4(O3)[C@H](C(=O)NC3CCCCC3)N(C[C@@H]3COc5ccccc5O3)C(=O)[C@@H]24)cc1C. The van der Waals surface area contributed by atoms with E-state index in [2.05, 4.69) is 10.6 Å². The number of carbonyl (C=O) groups excluding carboxylic acids is 3. The van der Waals surface area contributed by atoms with Crippen LogP contribution in [0.4, 0.5) is 5.69 Å². The molecule has 1 spiro atoms. The number of nitrogens with zero attached hydrogens (tertiary/aromatic N) is 1. The van der Waals surface area contributed by atoms with Crippen LogP contribution >= 0.6 is 0 Å². The molecule has 3 amide bonds. The summed E-state index contributed by atoms with van der Waals surface area (Å²) in [6.07, 6.45) is 7.76. The Balaban J connectivity index is 1.18. The van der Waals surface area contributed by atoms with Crippen LogP contribution in [0.25, 0.3) is 0 Å². The van der Waals surface area contributed by atoms with Crippen molar-refractivity contribution in [3.8, 4) is 11.5 Å². The summed E-state index contributed by atoms with van der Waals surface area (Å²) in [4.78, 5) is 43.7. The maximum absolute atomic E-state index is 14.3. The number of fused-ring (bicyclic) bond motifs is 2. The van der Waals surface area contributed by atoms with Gasteiger partial charge in [-0.15, -0.1) is 0 Å². The number of benzene rings is 2. The topological polar surface area (TPSA) is 106 Å². The Kier molecular flexibility index (Phi) is 6.72. The number of likely N-dealkylation sites (tertiary alicyclic amines) is 1. The molecule has 42 heavy (non-hydrogen) atoms. The highest BCUT2D eigenvalue weighted by Gasteiger charge is 2.73. The van der Waals surface area contributed by atoms with Crippen molar-refractivity contribution in [3.05, 3.63) is 65.7 Å². The van der Waals surface area contributed by atoms with Crippen LogP contribution in [0.2, 0.25) is 0 Å². The monoisotopic (exact) mass is 571 g/mol. The number of carbonyl (C=O) groups is 3. The minimum atomic E-state index is -1.22. The van der Waals surface area contributed by atoms with Gasteiger partial charge in [0.2, 0.25) is 17.7 Å². The van der Waals surface area contributed by atoms with Gasteiger partial charge in [0.05, 0.1) is 24.5 Å². The van der Waals surface area contributed by atoms with Crippen molar-refractivity contribution in [2.45, 2.75) is 75.8 Å². The van der Waals surface area contributed by atoms with Crippen molar-refractivity contribution < 1.29 is 28.6 Å². The van der Waals surface area contributed by atoms with Gasteiger partial charge in [-0.1, -0.05) is 49.6 Å². The second kappa shape index (κ2) is 10.5. The van der Waals surface area contributed by atoms with Gasteiger partial charge in [-0.2, -0.15) is 0 Å². The van der Waals surface area contributed by atoms with Gasteiger partial charge in [-0.05, 0) is 62.1 Å². The molecular weight excluding hydrogens is 534 g/mol. The van der Waals surface area contributed by atoms with E-state index in [1.807, 2.05) is 68.5 Å². The predicted octanol–water partition coefficient (Wildman–Crippen LogP) is 3.68. The lowest BCUT2D eigenvalue weighted by Gasteiger charge is -2.36. The van der Waals surface area contributed by atoms with Crippen LogP contribution in [-0.2, 0) is 19.1 Å². The Morgan fingerprint density at radius 1 is 1.00 bits per heavy atom. The van der Waals surface area contributed by atoms with E-state index in [1.165, 1.54) is 0 Å². The third-order valence-electron chi connectivity index (χ3n) is 9.62. The molecule has 2 aromatic rings. The minimum Gasteiger partial charge on any atom is -0.486 e. The molecule has 0 unspecified atom stereocenters. The number of anilines is 1. The Hall–Kier alpha value is -3.85. The summed E-state index contributed by atoms with van der Waals surface area (Å²) < 4.78 is 18.6. The first-order valence-corrected chi connectivity index (χ1v) is 15.1. The van der Waals surface area contributed by atoms with E-state index in [0.29, 0.717) is 17.2 Å². The number of para-hydroxylation sites is 2. The molecule has 220 valence electrons. The molecule has 1 aliphatic carbocycles. The van der Waals surface area contributed by atoms with Gasteiger partial charge >= 0.3 is 0 Å². The van der Waals surface area contributed by atoms with E-state index in [-0.39, 0.29) is 36.9 Å². The van der Waals surface area contributed by atoms with E-state index in [0.717, 1.165) is 43.2 Å². The first-order chi connectivity index (χ1) is 20.3. The standard InChI is InChI=1S/C33H37N3O6/c1-19-12-13-22(16-20(19)2)35-30(37)27-26-14-15-33(42-26)28(27)32(39)36(29(33)31(38)34-21-8-4-3-5-9-21)17-23-18-40-24-10-6-7-11-25(24)41-23/h6-7,10-16,21,23,26-29H,3-5,8-9,17-18H2,1-2H3,(H,34,38)(H,35,37)/t23-,26-,27+,28-,29+,33-/m1/s1. The summed E-state index contributed by atoms with van der Waals surface area (Å²) in [5, 5.41) is 6.25. The molecule has 2 aromatic carbocycles. The molecule has 9 heteroatoms. The molecule has 2 bridgehead atoms. The van der Waals surface area contributed by atoms with Crippen molar-refractivity contribution in [2.24, 2.45) is 11.8 Å². The first kappa shape index (κ1) is 27.0. The van der Waals surface area contributed by atoms with Crippen molar-refractivity contribution in [1.29, 1.82) is 0 Å². The second-order valence-corrected chi connectivity index (χ2v) is 12.3. The van der Waals surface area contributed by atoms with E-state index in [1.54, 1.807) is 4.90 Å². The largest absolute Gasteiger partial charge is 0.486 e. The zero-order chi connectivity index (χ0) is 29.0. The number of hydrogen-bond acceptors (Lipinski definition) is 6. The normalized spacial score (nSPS) is 31.2. The zero-order valence-corrected chi connectivity index (χ0v) is 24.0.